The average Bonchev–Trinajstić information content (AvgIpc) is 3.83. The molecule has 0 radical (unpaired) electrons. The topological polar surface area (TPSA) is 115 Å². The van der Waals surface area contributed by atoms with Crippen LogP contribution in [0.15, 0.2) is 91.8 Å². The maximum atomic E-state index is 13.6. The van der Waals surface area contributed by atoms with Gasteiger partial charge in [0.05, 0.1) is 26.8 Å². The van der Waals surface area contributed by atoms with Gasteiger partial charge in [0.1, 0.15) is 18.6 Å². The summed E-state index contributed by atoms with van der Waals surface area (Å²) < 4.78 is 4.15. The van der Waals surface area contributed by atoms with Gasteiger partial charge in [0, 0.05) is 106 Å². The molecule has 3 aliphatic heterocycles. The SMILES string of the molecule is C[n+]1ccn(CCCNc2ccc3c4c(cccc24)C(=O)N(CCSSCCN2C(=O)c4cccc5c(NCCCN6C=C[NH+](C)C6)ccc(c45)C2=O)C3=O)c1. The fourth-order valence-electron chi connectivity index (χ4n) is 7.82. The molecule has 0 aliphatic carbocycles. The lowest BCUT2D eigenvalue weighted by Gasteiger charge is -2.28. The highest BCUT2D eigenvalue weighted by Gasteiger charge is 2.34. The largest absolute Gasteiger partial charge is 0.384 e. The number of amides is 4. The second kappa shape index (κ2) is 16.4. The van der Waals surface area contributed by atoms with Gasteiger partial charge in [-0.2, -0.15) is 0 Å². The van der Waals surface area contributed by atoms with Gasteiger partial charge < -0.3 is 15.5 Å². The van der Waals surface area contributed by atoms with Crippen molar-refractivity contribution in [3.8, 4) is 0 Å². The van der Waals surface area contributed by atoms with Crippen molar-refractivity contribution in [3.63, 3.8) is 0 Å². The van der Waals surface area contributed by atoms with Gasteiger partial charge in [-0.3, -0.25) is 33.9 Å². The van der Waals surface area contributed by atoms with E-state index in [0.717, 1.165) is 67.8 Å². The van der Waals surface area contributed by atoms with Crippen molar-refractivity contribution in [2.24, 2.45) is 7.05 Å². The molecule has 3 N–H and O–H groups in total. The minimum absolute atomic E-state index is 0.253. The van der Waals surface area contributed by atoms with Crippen molar-refractivity contribution < 1.29 is 28.6 Å². The summed E-state index contributed by atoms with van der Waals surface area (Å²) in [6.45, 7) is 4.86. The van der Waals surface area contributed by atoms with Gasteiger partial charge in [0.25, 0.3) is 23.6 Å². The zero-order valence-electron chi connectivity index (χ0n) is 31.6. The molecule has 0 fully saturated rings. The van der Waals surface area contributed by atoms with E-state index in [1.165, 1.54) is 36.3 Å². The lowest BCUT2D eigenvalue weighted by Crippen LogP contribution is -3.03. The van der Waals surface area contributed by atoms with E-state index in [-0.39, 0.29) is 36.7 Å². The minimum atomic E-state index is -0.291. The normalized spacial score (nSPS) is 16.2. The maximum Gasteiger partial charge on any atom is 0.261 e. The summed E-state index contributed by atoms with van der Waals surface area (Å²) in [4.78, 5) is 60.9. The second-order valence-corrected chi connectivity index (χ2v) is 17.2. The number of rotatable bonds is 17. The van der Waals surface area contributed by atoms with Crippen LogP contribution in [0.2, 0.25) is 0 Å². The number of benzene rings is 4. The first-order valence-electron chi connectivity index (χ1n) is 19.1. The molecule has 5 aromatic rings. The quantitative estimate of drug-likeness (QED) is 0.0544. The predicted molar refractivity (Wildman–Crippen MR) is 223 cm³/mol. The first kappa shape index (κ1) is 37.6. The van der Waals surface area contributed by atoms with Crippen molar-refractivity contribution in [1.82, 2.24) is 19.3 Å². The molecule has 288 valence electrons. The molecule has 0 bridgehead atoms. The molecule has 3 aliphatic rings. The van der Waals surface area contributed by atoms with Crippen molar-refractivity contribution in [2.75, 3.05) is 68.6 Å². The van der Waals surface area contributed by atoms with E-state index in [2.05, 4.69) is 39.5 Å². The number of aryl methyl sites for hydroxylation is 2. The van der Waals surface area contributed by atoms with E-state index in [4.69, 9.17) is 0 Å². The molecule has 4 aromatic carbocycles. The van der Waals surface area contributed by atoms with Crippen LogP contribution in [0, 0.1) is 0 Å². The number of nitrogens with one attached hydrogen (secondary N) is 3. The number of nitrogens with zero attached hydrogens (tertiary/aromatic N) is 5. The Balaban J connectivity index is 0.827. The fraction of sp³-hybridized carbons (Fsp3) is 0.310. The van der Waals surface area contributed by atoms with E-state index in [0.29, 0.717) is 44.5 Å². The zero-order valence-corrected chi connectivity index (χ0v) is 33.3. The molecule has 1 atom stereocenters. The number of carbonyl (C=O) groups is 4. The van der Waals surface area contributed by atoms with Crippen molar-refractivity contribution in [3.05, 3.63) is 114 Å². The number of aromatic nitrogens is 2. The van der Waals surface area contributed by atoms with Crippen LogP contribution in [0.1, 0.15) is 54.3 Å². The molecule has 4 amide bonds. The smallest absolute Gasteiger partial charge is 0.261 e. The Hall–Kier alpha value is -5.31. The van der Waals surface area contributed by atoms with E-state index in [9.17, 15) is 19.2 Å². The van der Waals surface area contributed by atoms with Crippen LogP contribution in [0.4, 0.5) is 11.4 Å². The summed E-state index contributed by atoms with van der Waals surface area (Å²) >= 11 is 0. The third-order valence-corrected chi connectivity index (χ3v) is 12.9. The van der Waals surface area contributed by atoms with Crippen molar-refractivity contribution in [1.29, 1.82) is 0 Å². The Labute approximate surface area is 333 Å². The number of imide groups is 2. The molecule has 56 heavy (non-hydrogen) atoms. The highest BCUT2D eigenvalue weighted by Crippen LogP contribution is 2.36. The van der Waals surface area contributed by atoms with E-state index < -0.39 is 0 Å². The Morgan fingerprint density at radius 2 is 1.20 bits per heavy atom. The minimum Gasteiger partial charge on any atom is -0.384 e. The van der Waals surface area contributed by atoms with Crippen LogP contribution in [0.3, 0.4) is 0 Å². The Morgan fingerprint density at radius 1 is 0.679 bits per heavy atom. The monoisotopic (exact) mass is 790 g/mol. The molecule has 1 aromatic heterocycles. The van der Waals surface area contributed by atoms with Crippen LogP contribution < -0.4 is 20.1 Å². The second-order valence-electron chi connectivity index (χ2n) is 14.5. The standard InChI is InChI=1S/C42H44N8O4S2/c1-45-19-21-47(27-45)17-5-15-43-35-13-11-33-37-29(35)7-3-9-31(37)39(51)49(41(33)53)23-25-55-56-26-24-50-40(52)32-10-4-8-30-36(14-12-34(38(30)32)42(50)54)44-16-6-18-48-22-20-46(2)28-48/h3-4,7-14,19-22,27H,5-6,15-18,23-26,28H2,1-2H3,(H-,43,44,51,52,53,54)/p+2. The molecular formula is C42H46N8O4S2+2. The lowest BCUT2D eigenvalue weighted by molar-refractivity contribution is -0.826. The maximum absolute atomic E-state index is 13.6. The number of hydrogen-bond donors (Lipinski definition) is 3. The Morgan fingerprint density at radius 3 is 1.68 bits per heavy atom. The summed E-state index contributed by atoms with van der Waals surface area (Å²) in [5.41, 5.74) is 3.96. The number of carbonyl (C=O) groups excluding carboxylic acids is 4. The summed E-state index contributed by atoms with van der Waals surface area (Å²) in [6, 6.07) is 18.8. The van der Waals surface area contributed by atoms with Gasteiger partial charge in [0.2, 0.25) is 6.33 Å². The van der Waals surface area contributed by atoms with E-state index >= 15 is 0 Å². The average molecular weight is 791 g/mol. The fourth-order valence-corrected chi connectivity index (χ4v) is 9.72. The predicted octanol–water partition coefficient (Wildman–Crippen LogP) is 4.46. The lowest BCUT2D eigenvalue weighted by atomic mass is 9.93. The zero-order chi connectivity index (χ0) is 38.8. The molecule has 0 spiro atoms. The van der Waals surface area contributed by atoms with Crippen LogP contribution in [-0.4, -0.2) is 101 Å². The molecule has 1 unspecified atom stereocenters. The summed E-state index contributed by atoms with van der Waals surface area (Å²) in [6.07, 6.45) is 12.3. The molecule has 12 nitrogen and oxygen atoms in total. The van der Waals surface area contributed by atoms with E-state index in [1.54, 1.807) is 12.1 Å². The molecule has 8 rings (SSSR count). The third-order valence-electron chi connectivity index (χ3n) is 10.6. The van der Waals surface area contributed by atoms with Crippen LogP contribution >= 0.6 is 21.6 Å². The van der Waals surface area contributed by atoms with Gasteiger partial charge in [-0.25, -0.2) is 9.13 Å². The molecule has 14 heteroatoms. The highest BCUT2D eigenvalue weighted by atomic mass is 33.1. The van der Waals surface area contributed by atoms with Gasteiger partial charge >= 0.3 is 0 Å². The van der Waals surface area contributed by atoms with Crippen LogP contribution in [0.5, 0.6) is 0 Å². The Bertz CT molecular complexity index is 2330. The van der Waals surface area contributed by atoms with Crippen LogP contribution in [-0.2, 0) is 13.6 Å². The molecule has 0 saturated carbocycles. The molecular weight excluding hydrogens is 745 g/mol. The molecule has 0 saturated heterocycles. The van der Waals surface area contributed by atoms with E-state index in [1.807, 2.05) is 78.9 Å². The van der Waals surface area contributed by atoms with Crippen molar-refractivity contribution >= 4 is 78.1 Å². The first-order chi connectivity index (χ1) is 27.3. The summed E-state index contributed by atoms with van der Waals surface area (Å²) in [7, 11) is 7.18. The number of imidazole rings is 1. The molecule has 4 heterocycles. The van der Waals surface area contributed by atoms with Gasteiger partial charge in [-0.05, 0) is 42.8 Å². The summed E-state index contributed by atoms with van der Waals surface area (Å²) in [5, 5.41) is 10.2. The van der Waals surface area contributed by atoms with Crippen molar-refractivity contribution in [2.45, 2.75) is 19.4 Å². The number of hydrogen-bond acceptors (Lipinski definition) is 9. The first-order valence-corrected chi connectivity index (χ1v) is 21.6. The highest BCUT2D eigenvalue weighted by molar-refractivity contribution is 8.76. The van der Waals surface area contributed by atoms with Crippen LogP contribution in [0.25, 0.3) is 21.5 Å². The van der Waals surface area contributed by atoms with Gasteiger partial charge in [0.15, 0.2) is 6.67 Å². The third kappa shape index (κ3) is 7.48. The summed E-state index contributed by atoms with van der Waals surface area (Å²) in [5.74, 6) is -0.129. The van der Waals surface area contributed by atoms with Gasteiger partial charge in [-0.1, -0.05) is 45.9 Å². The number of anilines is 2. The number of quaternary nitrogens is 1. The van der Waals surface area contributed by atoms with Gasteiger partial charge in [-0.15, -0.1) is 0 Å². The Kier molecular flexibility index (Phi) is 11.0.